The molecular formula is C24H25N5O5S. The topological polar surface area (TPSA) is 109 Å². The zero-order valence-corrected chi connectivity index (χ0v) is 20.4. The van der Waals surface area contributed by atoms with Gasteiger partial charge in [-0.05, 0) is 17.7 Å². The van der Waals surface area contributed by atoms with Gasteiger partial charge in [-0.15, -0.1) is 0 Å². The van der Waals surface area contributed by atoms with Gasteiger partial charge in [0.15, 0.2) is 9.84 Å². The molecule has 0 spiro atoms. The number of nitrogens with zero attached hydrogens (tertiary/aromatic N) is 5. The van der Waals surface area contributed by atoms with Crippen LogP contribution < -0.4 is 9.47 Å². The molecule has 1 fully saturated rings. The van der Waals surface area contributed by atoms with Gasteiger partial charge >= 0.3 is 0 Å². The van der Waals surface area contributed by atoms with E-state index in [9.17, 15) is 13.2 Å². The number of methoxy groups -OCH3 is 2. The number of imidazole rings is 1. The maximum absolute atomic E-state index is 13.3. The maximum atomic E-state index is 13.3. The number of hydrogen-bond acceptors (Lipinski definition) is 7. The maximum Gasteiger partial charge on any atom is 0.261 e. The molecule has 0 atom stereocenters. The van der Waals surface area contributed by atoms with Crippen LogP contribution in [0.3, 0.4) is 0 Å². The molecular weight excluding hydrogens is 470 g/mol. The van der Waals surface area contributed by atoms with E-state index in [1.54, 1.807) is 29.3 Å². The van der Waals surface area contributed by atoms with Crippen molar-refractivity contribution in [3.8, 4) is 28.3 Å². The third-order valence-corrected chi connectivity index (χ3v) is 7.81. The van der Waals surface area contributed by atoms with Gasteiger partial charge in [0.1, 0.15) is 23.4 Å². The highest BCUT2D eigenvalue weighted by atomic mass is 32.2. The van der Waals surface area contributed by atoms with Gasteiger partial charge in [0.25, 0.3) is 5.91 Å². The summed E-state index contributed by atoms with van der Waals surface area (Å²) in [6, 6.07) is 9.50. The number of rotatable bonds is 5. The Morgan fingerprint density at radius 1 is 1.00 bits per heavy atom. The Labute approximate surface area is 202 Å². The Bertz CT molecular complexity index is 1500. The molecule has 0 unspecified atom stereocenters. The minimum absolute atomic E-state index is 0.0521. The first-order valence-corrected chi connectivity index (χ1v) is 12.8. The summed E-state index contributed by atoms with van der Waals surface area (Å²) < 4.78 is 38.4. The highest BCUT2D eigenvalue weighted by molar-refractivity contribution is 7.91. The molecule has 0 aliphatic carbocycles. The Hall–Kier alpha value is -3.86. The van der Waals surface area contributed by atoms with Crippen molar-refractivity contribution in [3.63, 3.8) is 0 Å². The van der Waals surface area contributed by atoms with Crippen LogP contribution >= 0.6 is 0 Å². The number of carbonyl (C=O) groups excluding carboxylic acids is 1. The molecule has 2 aromatic heterocycles. The number of aromatic nitrogens is 4. The molecule has 1 aliphatic rings. The lowest BCUT2D eigenvalue weighted by molar-refractivity contribution is 0.0763. The second kappa shape index (κ2) is 8.73. The summed E-state index contributed by atoms with van der Waals surface area (Å²) in [6.45, 7) is 0.279. The lowest BCUT2D eigenvalue weighted by Gasteiger charge is -2.28. The lowest BCUT2D eigenvalue weighted by Crippen LogP contribution is -2.43. The van der Waals surface area contributed by atoms with Crippen LogP contribution in [-0.2, 0) is 16.9 Å². The van der Waals surface area contributed by atoms with Gasteiger partial charge in [-0.2, -0.15) is 5.10 Å². The second-order valence-electron chi connectivity index (χ2n) is 8.39. The summed E-state index contributed by atoms with van der Waals surface area (Å²) in [5.74, 6) is 0.252. The Kier molecular flexibility index (Phi) is 5.72. The fraction of sp³-hybridized carbons (Fsp3) is 0.292. The van der Waals surface area contributed by atoms with E-state index in [-0.39, 0.29) is 36.1 Å². The van der Waals surface area contributed by atoms with Crippen LogP contribution in [0.5, 0.6) is 11.5 Å². The summed E-state index contributed by atoms with van der Waals surface area (Å²) in [6.07, 6.45) is 5.46. The van der Waals surface area contributed by atoms with Gasteiger partial charge in [0.05, 0.1) is 48.6 Å². The normalized spacial score (nSPS) is 15.3. The number of amides is 1. The molecule has 0 saturated carbocycles. The summed E-state index contributed by atoms with van der Waals surface area (Å²) in [4.78, 5) is 19.4. The first-order chi connectivity index (χ1) is 16.8. The number of ether oxygens (including phenoxy) is 2. The van der Waals surface area contributed by atoms with Crippen molar-refractivity contribution in [2.24, 2.45) is 7.05 Å². The molecule has 3 heterocycles. The summed E-state index contributed by atoms with van der Waals surface area (Å²) in [7, 11) is 1.74. The number of benzene rings is 2. The molecule has 0 bridgehead atoms. The van der Waals surface area contributed by atoms with Gasteiger partial charge in [0.2, 0.25) is 0 Å². The number of carbonyl (C=O) groups is 1. The Morgan fingerprint density at radius 2 is 1.69 bits per heavy atom. The minimum atomic E-state index is -3.11. The molecule has 2 aromatic carbocycles. The van der Waals surface area contributed by atoms with E-state index in [0.29, 0.717) is 17.2 Å². The van der Waals surface area contributed by atoms with E-state index in [0.717, 1.165) is 22.2 Å². The third kappa shape index (κ3) is 4.23. The highest BCUT2D eigenvalue weighted by Gasteiger charge is 2.30. The Balaban J connectivity index is 1.53. The summed E-state index contributed by atoms with van der Waals surface area (Å²) in [5, 5.41) is 4.23. The molecule has 4 aromatic rings. The van der Waals surface area contributed by atoms with Gasteiger partial charge in [-0.1, -0.05) is 6.07 Å². The van der Waals surface area contributed by atoms with E-state index >= 15 is 0 Å². The van der Waals surface area contributed by atoms with Crippen LogP contribution in [0.2, 0.25) is 0 Å². The van der Waals surface area contributed by atoms with Crippen molar-refractivity contribution in [1.29, 1.82) is 0 Å². The fourth-order valence-electron chi connectivity index (χ4n) is 4.29. The smallest absolute Gasteiger partial charge is 0.261 e. The SMILES string of the molecule is COc1cc(-n2cnc3cc(-c4cnn(C)c4)ccc32)cc(OC)c1C(=O)N1CCS(=O)(=O)CC1. The quantitative estimate of drug-likeness (QED) is 0.418. The van der Waals surface area contributed by atoms with Crippen LogP contribution in [0.4, 0.5) is 0 Å². The predicted molar refractivity (Wildman–Crippen MR) is 131 cm³/mol. The molecule has 10 nitrogen and oxygen atoms in total. The number of hydrogen-bond donors (Lipinski definition) is 0. The van der Waals surface area contributed by atoms with E-state index < -0.39 is 9.84 Å². The van der Waals surface area contributed by atoms with Crippen molar-refractivity contribution < 1.29 is 22.7 Å². The minimum Gasteiger partial charge on any atom is -0.496 e. The van der Waals surface area contributed by atoms with Crippen LogP contribution in [0.1, 0.15) is 10.4 Å². The van der Waals surface area contributed by atoms with Crippen molar-refractivity contribution in [2.75, 3.05) is 38.8 Å². The fourth-order valence-corrected chi connectivity index (χ4v) is 5.49. The zero-order chi connectivity index (χ0) is 24.7. The highest BCUT2D eigenvalue weighted by Crippen LogP contribution is 2.35. The Morgan fingerprint density at radius 3 is 2.29 bits per heavy atom. The summed E-state index contributed by atoms with van der Waals surface area (Å²) >= 11 is 0. The van der Waals surface area contributed by atoms with E-state index in [2.05, 4.69) is 10.1 Å². The standard InChI is InChI=1S/C24H25N5O5S/c1-27-14-17(13-26-27)16-4-5-20-19(10-16)25-15-29(20)18-11-21(33-2)23(22(12-18)34-3)24(30)28-6-8-35(31,32)9-7-28/h4-5,10-15H,6-9H2,1-3H3. The van der Waals surface area contributed by atoms with Crippen LogP contribution in [-0.4, -0.2) is 77.4 Å². The van der Waals surface area contributed by atoms with Gasteiger partial charge < -0.3 is 14.4 Å². The average Bonchev–Trinajstić information content (AvgIpc) is 3.48. The molecule has 0 N–H and O–H groups in total. The van der Waals surface area contributed by atoms with E-state index in [1.165, 1.54) is 19.1 Å². The number of sulfone groups is 1. The molecule has 1 amide bonds. The first-order valence-electron chi connectivity index (χ1n) is 11.0. The van der Waals surface area contributed by atoms with Crippen molar-refractivity contribution >= 4 is 26.8 Å². The zero-order valence-electron chi connectivity index (χ0n) is 19.6. The average molecular weight is 496 g/mol. The van der Waals surface area contributed by atoms with Crippen molar-refractivity contribution in [3.05, 3.63) is 54.6 Å². The van der Waals surface area contributed by atoms with Crippen LogP contribution in [0.15, 0.2) is 49.1 Å². The summed E-state index contributed by atoms with van der Waals surface area (Å²) in [5.41, 5.74) is 4.67. The monoisotopic (exact) mass is 495 g/mol. The largest absolute Gasteiger partial charge is 0.496 e. The first kappa shape index (κ1) is 22.9. The predicted octanol–water partition coefficient (Wildman–Crippen LogP) is 2.31. The number of aryl methyl sites for hydroxylation is 1. The molecule has 11 heteroatoms. The lowest BCUT2D eigenvalue weighted by atomic mass is 10.1. The van der Waals surface area contributed by atoms with Gasteiger partial charge in [-0.3, -0.25) is 14.0 Å². The van der Waals surface area contributed by atoms with Gasteiger partial charge in [-0.25, -0.2) is 13.4 Å². The van der Waals surface area contributed by atoms with Crippen molar-refractivity contribution in [1.82, 2.24) is 24.2 Å². The number of fused-ring (bicyclic) bond motifs is 1. The molecule has 35 heavy (non-hydrogen) atoms. The third-order valence-electron chi connectivity index (χ3n) is 6.20. The van der Waals surface area contributed by atoms with E-state index in [1.807, 2.05) is 36.0 Å². The van der Waals surface area contributed by atoms with Crippen LogP contribution in [0.25, 0.3) is 27.8 Å². The van der Waals surface area contributed by atoms with Crippen molar-refractivity contribution in [2.45, 2.75) is 0 Å². The molecule has 1 aliphatic heterocycles. The molecule has 182 valence electrons. The molecule has 5 rings (SSSR count). The second-order valence-corrected chi connectivity index (χ2v) is 10.7. The van der Waals surface area contributed by atoms with Gasteiger partial charge in [0, 0.05) is 44.0 Å². The van der Waals surface area contributed by atoms with Crippen LogP contribution in [0, 0.1) is 0 Å². The molecule has 0 radical (unpaired) electrons. The molecule has 1 saturated heterocycles. The van der Waals surface area contributed by atoms with E-state index in [4.69, 9.17) is 9.47 Å².